The topological polar surface area (TPSA) is 27.7 Å². The number of ether oxygens (including phenoxy) is 1. The summed E-state index contributed by atoms with van der Waals surface area (Å²) in [6.45, 7) is 4.32. The molecule has 1 fully saturated rings. The van der Waals surface area contributed by atoms with Crippen molar-refractivity contribution in [2.24, 2.45) is 0 Å². The molecule has 0 saturated carbocycles. The predicted molar refractivity (Wildman–Crippen MR) is 27.0 cm³/mol. The Balaban J connectivity index is 2.19. The molecule has 1 rings (SSSR count). The summed E-state index contributed by atoms with van der Waals surface area (Å²) in [6.07, 6.45) is -0.127. The molecule has 48 valence electrons. The van der Waals surface area contributed by atoms with Crippen LogP contribution < -0.4 is 0 Å². The molecule has 2 atom stereocenters. The highest BCUT2D eigenvalue weighted by atomic mass is 17.2. The van der Waals surface area contributed by atoms with Crippen molar-refractivity contribution in [3.8, 4) is 0 Å². The monoisotopic (exact) mass is 118 g/mol. The van der Waals surface area contributed by atoms with Crippen LogP contribution >= 0.6 is 0 Å². The van der Waals surface area contributed by atoms with Gasteiger partial charge in [-0.2, -0.15) is 0 Å². The molecule has 1 heterocycles. The summed E-state index contributed by atoms with van der Waals surface area (Å²) in [5, 5.41) is 0. The molecule has 0 radical (unpaired) electrons. The lowest BCUT2D eigenvalue weighted by Crippen LogP contribution is -2.29. The first-order valence-corrected chi connectivity index (χ1v) is 2.73. The van der Waals surface area contributed by atoms with Gasteiger partial charge in [0, 0.05) is 0 Å². The predicted octanol–water partition coefficient (Wildman–Crippen LogP) is 0.699. The number of hydrogen-bond donors (Lipinski definition) is 0. The summed E-state index contributed by atoms with van der Waals surface area (Å²) in [7, 11) is 0. The Morgan fingerprint density at radius 2 is 2.00 bits per heavy atom. The first-order chi connectivity index (χ1) is 3.79. The van der Waals surface area contributed by atoms with Crippen molar-refractivity contribution in [2.45, 2.75) is 26.2 Å². The number of rotatable bonds is 0. The van der Waals surface area contributed by atoms with E-state index in [0.29, 0.717) is 6.61 Å². The molecule has 0 bridgehead atoms. The summed E-state index contributed by atoms with van der Waals surface area (Å²) < 4.78 is 5.04. The van der Waals surface area contributed by atoms with E-state index in [4.69, 9.17) is 9.62 Å². The van der Waals surface area contributed by atoms with Gasteiger partial charge in [0.2, 0.25) is 0 Å². The van der Waals surface area contributed by atoms with Gasteiger partial charge in [-0.05, 0) is 13.8 Å². The van der Waals surface area contributed by atoms with E-state index in [2.05, 4.69) is 4.89 Å². The molecular weight excluding hydrogens is 108 g/mol. The average molecular weight is 118 g/mol. The van der Waals surface area contributed by atoms with Gasteiger partial charge in [0.15, 0.2) is 6.29 Å². The van der Waals surface area contributed by atoms with E-state index in [1.165, 1.54) is 0 Å². The highest BCUT2D eigenvalue weighted by Gasteiger charge is 2.15. The van der Waals surface area contributed by atoms with Gasteiger partial charge in [-0.25, -0.2) is 9.78 Å². The second-order valence-corrected chi connectivity index (χ2v) is 1.90. The highest BCUT2D eigenvalue weighted by molar-refractivity contribution is 4.46. The summed E-state index contributed by atoms with van der Waals surface area (Å²) in [4.78, 5) is 9.43. The molecule has 3 heteroatoms. The third-order valence-electron chi connectivity index (χ3n) is 0.921. The fourth-order valence-corrected chi connectivity index (χ4v) is 0.500. The van der Waals surface area contributed by atoms with E-state index in [0.717, 1.165) is 0 Å². The Morgan fingerprint density at radius 1 is 1.25 bits per heavy atom. The lowest BCUT2D eigenvalue weighted by Gasteiger charge is -2.22. The molecule has 0 N–H and O–H groups in total. The number of hydrogen-bond acceptors (Lipinski definition) is 3. The first-order valence-electron chi connectivity index (χ1n) is 2.73. The Morgan fingerprint density at radius 3 is 2.38 bits per heavy atom. The van der Waals surface area contributed by atoms with E-state index in [1.54, 1.807) is 6.92 Å². The van der Waals surface area contributed by atoms with Crippen molar-refractivity contribution in [1.82, 2.24) is 0 Å². The minimum absolute atomic E-state index is 0.0752. The van der Waals surface area contributed by atoms with Crippen LogP contribution in [0.15, 0.2) is 0 Å². The van der Waals surface area contributed by atoms with Gasteiger partial charge in [0.05, 0.1) is 6.61 Å². The van der Waals surface area contributed by atoms with Crippen LogP contribution in [-0.2, 0) is 14.5 Å². The third kappa shape index (κ3) is 1.43. The molecule has 0 amide bonds. The molecule has 1 aliphatic rings. The van der Waals surface area contributed by atoms with Crippen molar-refractivity contribution in [1.29, 1.82) is 0 Å². The zero-order valence-electron chi connectivity index (χ0n) is 5.09. The minimum Gasteiger partial charge on any atom is -0.347 e. The molecule has 2 unspecified atom stereocenters. The van der Waals surface area contributed by atoms with Crippen LogP contribution in [0.25, 0.3) is 0 Å². The molecular formula is C5H10O3. The van der Waals surface area contributed by atoms with Crippen molar-refractivity contribution in [3.63, 3.8) is 0 Å². The van der Waals surface area contributed by atoms with Crippen LogP contribution in [0.2, 0.25) is 0 Å². The quantitative estimate of drug-likeness (QED) is 0.438. The Kier molecular flexibility index (Phi) is 1.83. The zero-order valence-corrected chi connectivity index (χ0v) is 5.09. The van der Waals surface area contributed by atoms with E-state index in [9.17, 15) is 0 Å². The standard InChI is InChI=1S/C5H10O3/c1-4-3-6-5(2)8-7-4/h4-5H,3H2,1-2H3. The molecule has 8 heavy (non-hydrogen) atoms. The lowest BCUT2D eigenvalue weighted by molar-refractivity contribution is -0.433. The van der Waals surface area contributed by atoms with Gasteiger partial charge < -0.3 is 4.74 Å². The molecule has 1 aliphatic heterocycles. The maximum absolute atomic E-state index is 5.04. The lowest BCUT2D eigenvalue weighted by atomic mass is 10.4. The minimum atomic E-state index is -0.203. The van der Waals surface area contributed by atoms with Crippen LogP contribution in [0.1, 0.15) is 13.8 Å². The van der Waals surface area contributed by atoms with Gasteiger partial charge in [-0.3, -0.25) is 0 Å². The van der Waals surface area contributed by atoms with Crippen LogP contribution in [-0.4, -0.2) is 19.0 Å². The molecule has 0 aromatic carbocycles. The van der Waals surface area contributed by atoms with Crippen LogP contribution in [0.4, 0.5) is 0 Å². The Labute approximate surface area is 48.5 Å². The molecule has 0 aromatic heterocycles. The van der Waals surface area contributed by atoms with Crippen molar-refractivity contribution in [2.75, 3.05) is 6.61 Å². The molecule has 3 nitrogen and oxygen atoms in total. The molecule has 0 aliphatic carbocycles. The van der Waals surface area contributed by atoms with Gasteiger partial charge in [0.1, 0.15) is 6.10 Å². The second kappa shape index (κ2) is 2.44. The molecule has 1 saturated heterocycles. The normalized spacial score (nSPS) is 39.8. The van der Waals surface area contributed by atoms with E-state index < -0.39 is 0 Å². The first kappa shape index (κ1) is 6.01. The smallest absolute Gasteiger partial charge is 0.188 e. The molecule has 0 spiro atoms. The fraction of sp³-hybridized carbons (Fsp3) is 1.00. The van der Waals surface area contributed by atoms with Crippen LogP contribution in [0.3, 0.4) is 0 Å². The van der Waals surface area contributed by atoms with Crippen molar-refractivity contribution in [3.05, 3.63) is 0 Å². The fourth-order valence-electron chi connectivity index (χ4n) is 0.500. The SMILES string of the molecule is CC1COC(C)OO1. The zero-order chi connectivity index (χ0) is 5.98. The second-order valence-electron chi connectivity index (χ2n) is 1.90. The van der Waals surface area contributed by atoms with Gasteiger partial charge >= 0.3 is 0 Å². The van der Waals surface area contributed by atoms with Crippen LogP contribution in [0, 0.1) is 0 Å². The van der Waals surface area contributed by atoms with Crippen molar-refractivity contribution < 1.29 is 14.5 Å². The summed E-state index contributed by atoms with van der Waals surface area (Å²) >= 11 is 0. The van der Waals surface area contributed by atoms with Crippen LogP contribution in [0.5, 0.6) is 0 Å². The van der Waals surface area contributed by atoms with E-state index in [1.807, 2.05) is 6.92 Å². The maximum Gasteiger partial charge on any atom is 0.188 e. The Hall–Kier alpha value is -0.120. The van der Waals surface area contributed by atoms with E-state index in [-0.39, 0.29) is 12.4 Å². The molecule has 0 aromatic rings. The highest BCUT2D eigenvalue weighted by Crippen LogP contribution is 2.06. The summed E-state index contributed by atoms with van der Waals surface area (Å²) in [5.74, 6) is 0. The Bertz CT molecular complexity index is 56.1. The largest absolute Gasteiger partial charge is 0.347 e. The summed E-state index contributed by atoms with van der Waals surface area (Å²) in [5.41, 5.74) is 0. The maximum atomic E-state index is 5.04. The summed E-state index contributed by atoms with van der Waals surface area (Å²) in [6, 6.07) is 0. The van der Waals surface area contributed by atoms with Gasteiger partial charge in [-0.1, -0.05) is 0 Å². The third-order valence-corrected chi connectivity index (χ3v) is 0.921. The average Bonchev–Trinajstić information content (AvgIpc) is 1.77. The van der Waals surface area contributed by atoms with Gasteiger partial charge in [0.25, 0.3) is 0 Å². The van der Waals surface area contributed by atoms with Crippen molar-refractivity contribution >= 4 is 0 Å². The van der Waals surface area contributed by atoms with Gasteiger partial charge in [-0.15, -0.1) is 0 Å². The van der Waals surface area contributed by atoms with E-state index >= 15 is 0 Å².